The topological polar surface area (TPSA) is 66.6 Å². The summed E-state index contributed by atoms with van der Waals surface area (Å²) in [7, 11) is 0. The molecule has 5 heteroatoms. The highest BCUT2D eigenvalue weighted by molar-refractivity contribution is 5.32. The molecule has 1 saturated heterocycles. The number of rotatable bonds is 6. The molecule has 0 spiro atoms. The number of ether oxygens (including phenoxy) is 3. The van der Waals surface area contributed by atoms with Crippen molar-refractivity contribution in [1.29, 1.82) is 0 Å². The summed E-state index contributed by atoms with van der Waals surface area (Å²) in [5.41, 5.74) is 6.67. The molecule has 2 N–H and O–H groups in total. The first-order valence-electron chi connectivity index (χ1n) is 6.82. The smallest absolute Gasteiger partial charge is 0.157 e. The average molecular weight is 266 g/mol. The van der Waals surface area contributed by atoms with E-state index in [0.717, 1.165) is 25.0 Å². The van der Waals surface area contributed by atoms with Crippen molar-refractivity contribution in [3.05, 3.63) is 23.9 Å². The maximum absolute atomic E-state index is 5.71. The second kappa shape index (κ2) is 7.43. The van der Waals surface area contributed by atoms with Gasteiger partial charge >= 0.3 is 0 Å². The van der Waals surface area contributed by atoms with Crippen molar-refractivity contribution in [2.24, 2.45) is 0 Å². The second-order valence-electron chi connectivity index (χ2n) is 4.69. The minimum absolute atomic E-state index is 0.0128. The number of nitrogens with zero attached hydrogens (tertiary/aromatic N) is 1. The fourth-order valence-corrected chi connectivity index (χ4v) is 2.06. The van der Waals surface area contributed by atoms with Crippen LogP contribution >= 0.6 is 0 Å². The highest BCUT2D eigenvalue weighted by Gasteiger charge is 2.14. The van der Waals surface area contributed by atoms with Gasteiger partial charge in [0.05, 0.1) is 19.3 Å². The van der Waals surface area contributed by atoms with Gasteiger partial charge < -0.3 is 19.9 Å². The van der Waals surface area contributed by atoms with Crippen LogP contribution in [0.15, 0.2) is 18.3 Å². The molecule has 19 heavy (non-hydrogen) atoms. The molecule has 5 nitrogen and oxygen atoms in total. The molecule has 0 radical (unpaired) electrons. The Labute approximate surface area is 114 Å². The Morgan fingerprint density at radius 1 is 1.47 bits per heavy atom. The van der Waals surface area contributed by atoms with Crippen LogP contribution in [0, 0.1) is 0 Å². The Balaban J connectivity index is 1.64. The van der Waals surface area contributed by atoms with Crippen LogP contribution in [0.25, 0.3) is 0 Å². The minimum Gasteiger partial charge on any atom is -0.384 e. The molecule has 1 aliphatic heterocycles. The van der Waals surface area contributed by atoms with Gasteiger partial charge in [-0.05, 0) is 43.9 Å². The molecule has 1 fully saturated rings. The van der Waals surface area contributed by atoms with Gasteiger partial charge in [-0.2, -0.15) is 0 Å². The average Bonchev–Trinajstić information content (AvgIpc) is 2.44. The second-order valence-corrected chi connectivity index (χ2v) is 4.69. The lowest BCUT2D eigenvalue weighted by Gasteiger charge is -2.23. The predicted molar refractivity (Wildman–Crippen MR) is 72.6 cm³/mol. The highest BCUT2D eigenvalue weighted by atomic mass is 16.7. The molecular weight excluding hydrogens is 244 g/mol. The zero-order valence-electron chi connectivity index (χ0n) is 11.4. The number of nitrogen functional groups attached to an aromatic ring is 1. The molecule has 2 rings (SSSR count). The van der Waals surface area contributed by atoms with E-state index in [-0.39, 0.29) is 12.4 Å². The van der Waals surface area contributed by atoms with Crippen LogP contribution < -0.4 is 5.73 Å². The van der Waals surface area contributed by atoms with Crippen molar-refractivity contribution in [2.75, 3.05) is 25.6 Å². The van der Waals surface area contributed by atoms with E-state index in [1.165, 1.54) is 6.42 Å². The van der Waals surface area contributed by atoms with E-state index in [4.69, 9.17) is 19.9 Å². The minimum atomic E-state index is -0.0516. The van der Waals surface area contributed by atoms with Gasteiger partial charge in [0.1, 0.15) is 5.82 Å². The molecule has 1 aromatic rings. The van der Waals surface area contributed by atoms with Gasteiger partial charge in [0.2, 0.25) is 0 Å². The Morgan fingerprint density at radius 3 is 3.11 bits per heavy atom. The van der Waals surface area contributed by atoms with Gasteiger partial charge in [-0.1, -0.05) is 0 Å². The van der Waals surface area contributed by atoms with Crippen LogP contribution in [0.5, 0.6) is 0 Å². The first kappa shape index (κ1) is 14.2. The highest BCUT2D eigenvalue weighted by Crippen LogP contribution is 2.18. The first-order valence-corrected chi connectivity index (χ1v) is 6.82. The van der Waals surface area contributed by atoms with E-state index in [1.807, 2.05) is 19.1 Å². The molecule has 2 unspecified atom stereocenters. The van der Waals surface area contributed by atoms with Crippen molar-refractivity contribution >= 4 is 5.82 Å². The third kappa shape index (κ3) is 4.78. The number of aromatic nitrogens is 1. The number of anilines is 1. The van der Waals surface area contributed by atoms with Gasteiger partial charge in [0, 0.05) is 12.8 Å². The zero-order valence-corrected chi connectivity index (χ0v) is 11.4. The third-order valence-electron chi connectivity index (χ3n) is 3.17. The lowest BCUT2D eigenvalue weighted by atomic mass is 10.2. The summed E-state index contributed by atoms with van der Waals surface area (Å²) < 4.78 is 16.8. The quantitative estimate of drug-likeness (QED) is 0.800. The summed E-state index contributed by atoms with van der Waals surface area (Å²) in [6.07, 6.45) is 4.92. The van der Waals surface area contributed by atoms with Crippen molar-refractivity contribution in [3.8, 4) is 0 Å². The molecule has 1 aliphatic rings. The Hall–Kier alpha value is -1.17. The monoisotopic (exact) mass is 266 g/mol. The number of hydrogen-bond acceptors (Lipinski definition) is 5. The van der Waals surface area contributed by atoms with E-state index in [9.17, 15) is 0 Å². The molecule has 2 heterocycles. The van der Waals surface area contributed by atoms with E-state index >= 15 is 0 Å². The number of hydrogen-bond donors (Lipinski definition) is 1. The Bertz CT molecular complexity index is 381. The maximum Gasteiger partial charge on any atom is 0.157 e. The molecule has 0 aliphatic carbocycles. The maximum atomic E-state index is 5.71. The molecule has 0 amide bonds. The molecule has 0 bridgehead atoms. The fraction of sp³-hybridized carbons (Fsp3) is 0.643. The standard InChI is InChI=1S/C14H22N2O3/c1-11(12-5-6-16-13(15)10-12)17-8-9-19-14-4-2-3-7-18-14/h5-6,10-11,14H,2-4,7-9H2,1H3,(H2,15,16). The molecule has 0 aromatic carbocycles. The first-order chi connectivity index (χ1) is 9.25. The summed E-state index contributed by atoms with van der Waals surface area (Å²) in [5, 5.41) is 0. The van der Waals surface area contributed by atoms with E-state index < -0.39 is 0 Å². The summed E-state index contributed by atoms with van der Waals surface area (Å²) in [5.74, 6) is 0.514. The summed E-state index contributed by atoms with van der Waals surface area (Å²) in [6, 6.07) is 3.74. The predicted octanol–water partition coefficient (Wildman–Crippen LogP) is 2.28. The summed E-state index contributed by atoms with van der Waals surface area (Å²) in [6.45, 7) is 3.89. The third-order valence-corrected chi connectivity index (χ3v) is 3.17. The van der Waals surface area contributed by atoms with Crippen LogP contribution in [0.2, 0.25) is 0 Å². The molecular formula is C14H22N2O3. The van der Waals surface area contributed by atoms with Crippen LogP contribution in [-0.4, -0.2) is 31.1 Å². The van der Waals surface area contributed by atoms with Gasteiger partial charge in [-0.3, -0.25) is 0 Å². The van der Waals surface area contributed by atoms with Gasteiger partial charge in [-0.15, -0.1) is 0 Å². The summed E-state index contributed by atoms with van der Waals surface area (Å²) in [4.78, 5) is 3.96. The van der Waals surface area contributed by atoms with Crippen LogP contribution in [0.1, 0.15) is 37.9 Å². The van der Waals surface area contributed by atoms with Crippen LogP contribution in [0.3, 0.4) is 0 Å². The largest absolute Gasteiger partial charge is 0.384 e. The molecule has 0 saturated carbocycles. The molecule has 106 valence electrons. The molecule has 1 aromatic heterocycles. The Morgan fingerprint density at radius 2 is 2.37 bits per heavy atom. The lowest BCUT2D eigenvalue weighted by Crippen LogP contribution is -2.24. The SMILES string of the molecule is CC(OCCOC1CCCCO1)c1ccnc(N)c1. The van der Waals surface area contributed by atoms with E-state index in [2.05, 4.69) is 4.98 Å². The van der Waals surface area contributed by atoms with Crippen molar-refractivity contribution in [3.63, 3.8) is 0 Å². The zero-order chi connectivity index (χ0) is 13.5. The Kier molecular flexibility index (Phi) is 5.57. The van der Waals surface area contributed by atoms with Gasteiger partial charge in [0.15, 0.2) is 6.29 Å². The van der Waals surface area contributed by atoms with Crippen molar-refractivity contribution in [1.82, 2.24) is 4.98 Å². The number of pyridine rings is 1. The summed E-state index contributed by atoms with van der Waals surface area (Å²) >= 11 is 0. The van der Waals surface area contributed by atoms with Gasteiger partial charge in [0.25, 0.3) is 0 Å². The fourth-order valence-electron chi connectivity index (χ4n) is 2.06. The van der Waals surface area contributed by atoms with Gasteiger partial charge in [-0.25, -0.2) is 4.98 Å². The molecule has 2 atom stereocenters. The van der Waals surface area contributed by atoms with E-state index in [0.29, 0.717) is 19.0 Å². The van der Waals surface area contributed by atoms with Crippen molar-refractivity contribution < 1.29 is 14.2 Å². The van der Waals surface area contributed by atoms with Crippen LogP contribution in [0.4, 0.5) is 5.82 Å². The van der Waals surface area contributed by atoms with E-state index in [1.54, 1.807) is 6.20 Å². The van der Waals surface area contributed by atoms with Crippen LogP contribution in [-0.2, 0) is 14.2 Å². The normalized spacial score (nSPS) is 21.2. The lowest BCUT2D eigenvalue weighted by molar-refractivity contribution is -0.171. The number of nitrogens with two attached hydrogens (primary N) is 1. The van der Waals surface area contributed by atoms with Crippen molar-refractivity contribution in [2.45, 2.75) is 38.6 Å².